The van der Waals surface area contributed by atoms with Crippen LogP contribution in [0.15, 0.2) is 52.8 Å². The number of carbonyl (C=O) groups is 2. The minimum Gasteiger partial charge on any atom is -0.461 e. The number of esters is 1. The maximum absolute atomic E-state index is 12.0. The number of nitrogens with one attached hydrogen (secondary N) is 1. The zero-order valence-electron chi connectivity index (χ0n) is 12.7. The molecule has 8 nitrogen and oxygen atoms in total. The minimum absolute atomic E-state index is 0.0178. The molecule has 0 aliphatic carbocycles. The maximum Gasteiger partial charge on any atom is 0.354 e. The molecule has 1 aromatic heterocycles. The van der Waals surface area contributed by atoms with Gasteiger partial charge in [0.25, 0.3) is 11.6 Å². The van der Waals surface area contributed by atoms with Gasteiger partial charge in [0.1, 0.15) is 5.70 Å². The van der Waals surface area contributed by atoms with Gasteiger partial charge < -0.3 is 14.5 Å². The minimum atomic E-state index is -0.760. The van der Waals surface area contributed by atoms with Crippen molar-refractivity contribution in [3.63, 3.8) is 0 Å². The van der Waals surface area contributed by atoms with Gasteiger partial charge in [-0.15, -0.1) is 0 Å². The van der Waals surface area contributed by atoms with Crippen molar-refractivity contribution in [1.82, 2.24) is 5.32 Å². The van der Waals surface area contributed by atoms with Crippen molar-refractivity contribution in [1.29, 1.82) is 0 Å². The number of ether oxygens (including phenoxy) is 1. The molecule has 1 amide bonds. The molecule has 0 saturated carbocycles. The zero-order chi connectivity index (χ0) is 17.5. The van der Waals surface area contributed by atoms with Crippen LogP contribution in [0.4, 0.5) is 5.69 Å². The van der Waals surface area contributed by atoms with Crippen LogP contribution in [0.3, 0.4) is 0 Å². The smallest absolute Gasteiger partial charge is 0.354 e. The molecule has 0 fully saturated rings. The van der Waals surface area contributed by atoms with E-state index < -0.39 is 16.8 Å². The van der Waals surface area contributed by atoms with Crippen LogP contribution in [0, 0.1) is 10.1 Å². The topological polar surface area (TPSA) is 112 Å². The van der Waals surface area contributed by atoms with E-state index in [-0.39, 0.29) is 23.8 Å². The first kappa shape index (κ1) is 16.9. The Bertz CT molecular complexity index is 780. The van der Waals surface area contributed by atoms with Gasteiger partial charge in [0.05, 0.1) is 17.8 Å². The van der Waals surface area contributed by atoms with E-state index in [0.717, 1.165) is 0 Å². The normalized spacial score (nSPS) is 11.0. The second-order valence-corrected chi connectivity index (χ2v) is 4.56. The first-order valence-electron chi connectivity index (χ1n) is 6.99. The third-order valence-electron chi connectivity index (χ3n) is 2.88. The molecule has 8 heteroatoms. The second-order valence-electron chi connectivity index (χ2n) is 4.56. The Morgan fingerprint density at radius 1 is 1.33 bits per heavy atom. The van der Waals surface area contributed by atoms with Crippen molar-refractivity contribution in [2.24, 2.45) is 0 Å². The second kappa shape index (κ2) is 7.73. The largest absolute Gasteiger partial charge is 0.461 e. The number of nitro groups is 1. The molecule has 1 N–H and O–H groups in total. The molecule has 2 aromatic rings. The summed E-state index contributed by atoms with van der Waals surface area (Å²) in [5.74, 6) is -1.38. The molecule has 24 heavy (non-hydrogen) atoms. The fraction of sp³-hybridized carbons (Fsp3) is 0.125. The summed E-state index contributed by atoms with van der Waals surface area (Å²) in [4.78, 5) is 34.3. The zero-order valence-corrected chi connectivity index (χ0v) is 12.7. The fourth-order valence-electron chi connectivity index (χ4n) is 1.84. The number of nitrogens with zero attached hydrogens (tertiary/aromatic N) is 1. The molecule has 0 aliphatic heterocycles. The lowest BCUT2D eigenvalue weighted by atomic mass is 10.1. The van der Waals surface area contributed by atoms with Gasteiger partial charge in [0.15, 0.2) is 5.76 Å². The summed E-state index contributed by atoms with van der Waals surface area (Å²) >= 11 is 0. The van der Waals surface area contributed by atoms with Gasteiger partial charge in [-0.2, -0.15) is 0 Å². The van der Waals surface area contributed by atoms with Gasteiger partial charge in [-0.3, -0.25) is 14.9 Å². The van der Waals surface area contributed by atoms with E-state index in [9.17, 15) is 19.7 Å². The molecule has 0 atom stereocenters. The highest BCUT2D eigenvalue weighted by atomic mass is 16.6. The number of hydrogen-bond acceptors (Lipinski definition) is 6. The molecule has 0 unspecified atom stereocenters. The fourth-order valence-corrected chi connectivity index (χ4v) is 1.84. The van der Waals surface area contributed by atoms with Crippen LogP contribution in [-0.2, 0) is 9.53 Å². The van der Waals surface area contributed by atoms with E-state index in [1.807, 2.05) is 0 Å². The first-order valence-corrected chi connectivity index (χ1v) is 6.99. The van der Waals surface area contributed by atoms with Crippen LogP contribution >= 0.6 is 0 Å². The number of furan rings is 1. The van der Waals surface area contributed by atoms with Crippen LogP contribution in [0.25, 0.3) is 6.08 Å². The van der Waals surface area contributed by atoms with Gasteiger partial charge in [-0.05, 0) is 30.7 Å². The standard InChI is InChI=1S/C16H14N2O6/c1-2-23-16(20)13(17-15(19)14-7-4-8-24-14)10-11-5-3-6-12(9-11)18(21)22/h3-10H,2H2,1H3,(H,17,19). The van der Waals surface area contributed by atoms with Crippen LogP contribution in [0.5, 0.6) is 0 Å². The number of non-ortho nitro benzene ring substituents is 1. The monoisotopic (exact) mass is 330 g/mol. The Labute approximate surface area is 136 Å². The van der Waals surface area contributed by atoms with Crippen molar-refractivity contribution in [2.75, 3.05) is 6.61 Å². The molecule has 2 rings (SSSR count). The Morgan fingerprint density at radius 2 is 2.12 bits per heavy atom. The summed E-state index contributed by atoms with van der Waals surface area (Å²) < 4.78 is 9.84. The summed E-state index contributed by atoms with van der Waals surface area (Å²) in [6.45, 7) is 1.74. The van der Waals surface area contributed by atoms with E-state index in [0.29, 0.717) is 5.56 Å². The number of rotatable bonds is 6. The van der Waals surface area contributed by atoms with E-state index in [1.54, 1.807) is 13.0 Å². The molecule has 1 heterocycles. The van der Waals surface area contributed by atoms with Crippen LogP contribution in [0.2, 0.25) is 0 Å². The SMILES string of the molecule is CCOC(=O)C(=Cc1cccc([N+](=O)[O-])c1)NC(=O)c1ccco1. The van der Waals surface area contributed by atoms with E-state index >= 15 is 0 Å². The highest BCUT2D eigenvalue weighted by molar-refractivity contribution is 6.02. The third-order valence-corrected chi connectivity index (χ3v) is 2.88. The molecule has 0 spiro atoms. The predicted molar refractivity (Wildman–Crippen MR) is 83.9 cm³/mol. The van der Waals surface area contributed by atoms with Crippen LogP contribution < -0.4 is 5.32 Å². The first-order chi connectivity index (χ1) is 11.5. The summed E-state index contributed by atoms with van der Waals surface area (Å²) in [7, 11) is 0. The average molecular weight is 330 g/mol. The van der Waals surface area contributed by atoms with Gasteiger partial charge in [-0.1, -0.05) is 12.1 Å². The lowest BCUT2D eigenvalue weighted by Gasteiger charge is -2.08. The summed E-state index contributed by atoms with van der Waals surface area (Å²) in [5, 5.41) is 13.2. The van der Waals surface area contributed by atoms with Gasteiger partial charge >= 0.3 is 5.97 Å². The Morgan fingerprint density at radius 3 is 2.75 bits per heavy atom. The highest BCUT2D eigenvalue weighted by Gasteiger charge is 2.17. The van der Waals surface area contributed by atoms with Crippen LogP contribution in [0.1, 0.15) is 23.0 Å². The summed E-state index contributed by atoms with van der Waals surface area (Å²) in [5.41, 5.74) is 0.0788. The van der Waals surface area contributed by atoms with Crippen molar-refractivity contribution in [3.8, 4) is 0 Å². The van der Waals surface area contributed by atoms with E-state index in [4.69, 9.17) is 9.15 Å². The van der Waals surface area contributed by atoms with Gasteiger partial charge in [0.2, 0.25) is 0 Å². The molecule has 124 valence electrons. The number of benzene rings is 1. The van der Waals surface area contributed by atoms with Crippen molar-refractivity contribution in [2.45, 2.75) is 6.92 Å². The predicted octanol–water partition coefficient (Wildman–Crippen LogP) is 2.52. The van der Waals surface area contributed by atoms with Crippen molar-refractivity contribution in [3.05, 3.63) is 69.8 Å². The summed E-state index contributed by atoms with van der Waals surface area (Å²) in [6.07, 6.45) is 2.62. The quantitative estimate of drug-likeness (QED) is 0.377. The molecular formula is C16H14N2O6. The molecule has 0 bridgehead atoms. The lowest BCUT2D eigenvalue weighted by molar-refractivity contribution is -0.384. The Hall–Kier alpha value is -3.42. The number of nitro benzene ring substituents is 1. The average Bonchev–Trinajstić information content (AvgIpc) is 3.09. The Kier molecular flexibility index (Phi) is 5.45. The molecule has 0 radical (unpaired) electrons. The van der Waals surface area contributed by atoms with Crippen molar-refractivity contribution < 1.29 is 23.7 Å². The molecule has 0 aliphatic rings. The molecular weight excluding hydrogens is 316 g/mol. The number of amides is 1. The highest BCUT2D eigenvalue weighted by Crippen LogP contribution is 2.16. The van der Waals surface area contributed by atoms with Crippen LogP contribution in [-0.4, -0.2) is 23.4 Å². The van der Waals surface area contributed by atoms with Crippen molar-refractivity contribution >= 4 is 23.6 Å². The van der Waals surface area contributed by atoms with E-state index in [1.165, 1.54) is 42.7 Å². The lowest BCUT2D eigenvalue weighted by Crippen LogP contribution is -2.28. The Balaban J connectivity index is 2.31. The van der Waals surface area contributed by atoms with Gasteiger partial charge in [0, 0.05) is 12.1 Å². The molecule has 0 saturated heterocycles. The van der Waals surface area contributed by atoms with Gasteiger partial charge in [-0.25, -0.2) is 4.79 Å². The number of hydrogen-bond donors (Lipinski definition) is 1. The maximum atomic E-state index is 12.0. The number of carbonyl (C=O) groups excluding carboxylic acids is 2. The van der Waals surface area contributed by atoms with E-state index in [2.05, 4.69) is 5.32 Å². The molecule has 1 aromatic carbocycles. The third kappa shape index (κ3) is 4.29. The summed E-state index contributed by atoms with van der Waals surface area (Å²) in [6, 6.07) is 8.60.